The Labute approximate surface area is 152 Å². The van der Waals surface area contributed by atoms with Gasteiger partial charge in [0, 0.05) is 25.3 Å². The van der Waals surface area contributed by atoms with Crippen LogP contribution >= 0.6 is 0 Å². The van der Waals surface area contributed by atoms with Crippen LogP contribution in [-0.2, 0) is 11.3 Å². The van der Waals surface area contributed by atoms with Gasteiger partial charge in [-0.25, -0.2) is 0 Å². The van der Waals surface area contributed by atoms with Gasteiger partial charge in [0.15, 0.2) is 0 Å². The van der Waals surface area contributed by atoms with Crippen molar-refractivity contribution in [3.8, 4) is 0 Å². The van der Waals surface area contributed by atoms with Crippen LogP contribution in [0.1, 0.15) is 35.8 Å². The van der Waals surface area contributed by atoms with Gasteiger partial charge in [0.05, 0.1) is 17.5 Å². The van der Waals surface area contributed by atoms with E-state index in [4.69, 9.17) is 4.42 Å². The van der Waals surface area contributed by atoms with Gasteiger partial charge >= 0.3 is 0 Å². The van der Waals surface area contributed by atoms with Gasteiger partial charge in [0.2, 0.25) is 5.91 Å². The Hall–Kier alpha value is -2.67. The number of aromatic nitrogens is 1. The maximum absolute atomic E-state index is 12.3. The summed E-state index contributed by atoms with van der Waals surface area (Å²) in [5.41, 5.74) is 1.44. The SMILES string of the molecule is CC(NC(=O)c1ccoc1)C(=O)NCC1CCCN1Cc1ccccn1. The van der Waals surface area contributed by atoms with Crippen molar-refractivity contribution in [2.75, 3.05) is 13.1 Å². The number of pyridine rings is 1. The summed E-state index contributed by atoms with van der Waals surface area (Å²) in [5.74, 6) is -0.509. The van der Waals surface area contributed by atoms with E-state index in [9.17, 15) is 9.59 Å². The van der Waals surface area contributed by atoms with Gasteiger partial charge < -0.3 is 15.1 Å². The van der Waals surface area contributed by atoms with Crippen LogP contribution in [0.5, 0.6) is 0 Å². The second-order valence-electron chi connectivity index (χ2n) is 6.54. The van der Waals surface area contributed by atoms with Crippen LogP contribution in [0.3, 0.4) is 0 Å². The summed E-state index contributed by atoms with van der Waals surface area (Å²) >= 11 is 0. The maximum Gasteiger partial charge on any atom is 0.255 e. The van der Waals surface area contributed by atoms with E-state index in [1.54, 1.807) is 19.2 Å². The molecule has 0 aromatic carbocycles. The molecule has 26 heavy (non-hydrogen) atoms. The standard InChI is InChI=1S/C19H24N4O3/c1-14(22-19(25)15-7-10-26-13-15)18(24)21-11-17-6-4-9-23(17)12-16-5-2-3-8-20-16/h2-3,5,7-8,10,13-14,17H,4,6,9,11-12H2,1H3,(H,21,24)(H,22,25). The Morgan fingerprint density at radius 3 is 3.00 bits per heavy atom. The minimum atomic E-state index is -0.608. The van der Waals surface area contributed by atoms with Crippen molar-refractivity contribution in [3.05, 3.63) is 54.2 Å². The molecule has 2 unspecified atom stereocenters. The summed E-state index contributed by atoms with van der Waals surface area (Å²) in [4.78, 5) is 31.0. The Morgan fingerprint density at radius 2 is 2.27 bits per heavy atom. The molecule has 1 aliphatic heterocycles. The lowest BCUT2D eigenvalue weighted by molar-refractivity contribution is -0.122. The molecule has 0 aliphatic carbocycles. The van der Waals surface area contributed by atoms with Crippen LogP contribution in [0, 0.1) is 0 Å². The molecule has 1 saturated heterocycles. The average molecular weight is 356 g/mol. The molecule has 0 radical (unpaired) electrons. The number of amides is 2. The molecule has 1 fully saturated rings. The minimum absolute atomic E-state index is 0.188. The molecule has 3 heterocycles. The summed E-state index contributed by atoms with van der Waals surface area (Å²) in [6.07, 6.45) is 6.74. The van der Waals surface area contributed by atoms with E-state index < -0.39 is 6.04 Å². The number of nitrogens with zero attached hydrogens (tertiary/aromatic N) is 2. The number of furan rings is 1. The van der Waals surface area contributed by atoms with Crippen molar-refractivity contribution in [1.82, 2.24) is 20.5 Å². The van der Waals surface area contributed by atoms with Gasteiger partial charge in [-0.3, -0.25) is 19.5 Å². The molecule has 7 heteroatoms. The number of carbonyl (C=O) groups excluding carboxylic acids is 2. The lowest BCUT2D eigenvalue weighted by Gasteiger charge is -2.25. The molecule has 2 atom stereocenters. The van der Waals surface area contributed by atoms with Crippen molar-refractivity contribution in [2.24, 2.45) is 0 Å². The predicted molar refractivity (Wildman–Crippen MR) is 96.3 cm³/mol. The molecule has 0 spiro atoms. The lowest BCUT2D eigenvalue weighted by atomic mass is 10.2. The zero-order valence-corrected chi connectivity index (χ0v) is 14.9. The fourth-order valence-corrected chi connectivity index (χ4v) is 3.14. The number of hydrogen-bond acceptors (Lipinski definition) is 5. The monoisotopic (exact) mass is 356 g/mol. The summed E-state index contributed by atoms with van der Waals surface area (Å²) in [7, 11) is 0. The van der Waals surface area contributed by atoms with E-state index in [0.717, 1.165) is 31.6 Å². The van der Waals surface area contributed by atoms with Crippen LogP contribution in [0.4, 0.5) is 0 Å². The average Bonchev–Trinajstić information content (AvgIpc) is 3.32. The Bertz CT molecular complexity index is 718. The molecule has 2 amide bonds. The first kappa shape index (κ1) is 18.1. The maximum atomic E-state index is 12.3. The first-order valence-electron chi connectivity index (χ1n) is 8.88. The molecule has 2 aromatic rings. The van der Waals surface area contributed by atoms with E-state index >= 15 is 0 Å². The van der Waals surface area contributed by atoms with Gasteiger partial charge in [0.1, 0.15) is 12.3 Å². The smallest absolute Gasteiger partial charge is 0.255 e. The van der Waals surface area contributed by atoms with Crippen LogP contribution in [0.15, 0.2) is 47.4 Å². The number of carbonyl (C=O) groups is 2. The van der Waals surface area contributed by atoms with Gasteiger partial charge in [-0.05, 0) is 44.5 Å². The Balaban J connectivity index is 1.46. The third-order valence-electron chi connectivity index (χ3n) is 4.63. The van der Waals surface area contributed by atoms with Gasteiger partial charge in [-0.15, -0.1) is 0 Å². The normalized spacial score (nSPS) is 18.4. The number of hydrogen-bond donors (Lipinski definition) is 2. The topological polar surface area (TPSA) is 87.5 Å². The Kier molecular flexibility index (Phi) is 6.01. The molecular weight excluding hydrogens is 332 g/mol. The fourth-order valence-electron chi connectivity index (χ4n) is 3.14. The second kappa shape index (κ2) is 8.62. The third-order valence-corrected chi connectivity index (χ3v) is 4.63. The molecule has 2 N–H and O–H groups in total. The summed E-state index contributed by atoms with van der Waals surface area (Å²) in [5, 5.41) is 5.63. The highest BCUT2D eigenvalue weighted by molar-refractivity contribution is 5.97. The summed E-state index contributed by atoms with van der Waals surface area (Å²) in [6.45, 7) is 4.03. The van der Waals surface area contributed by atoms with Gasteiger partial charge in [-0.2, -0.15) is 0 Å². The van der Waals surface area contributed by atoms with Crippen molar-refractivity contribution in [2.45, 2.75) is 38.4 Å². The molecule has 0 saturated carbocycles. The molecule has 1 aliphatic rings. The molecular formula is C19H24N4O3. The minimum Gasteiger partial charge on any atom is -0.472 e. The number of rotatable bonds is 7. The van der Waals surface area contributed by atoms with Crippen LogP contribution in [0.2, 0.25) is 0 Å². The van der Waals surface area contributed by atoms with E-state index in [1.165, 1.54) is 12.5 Å². The van der Waals surface area contributed by atoms with Gasteiger partial charge in [-0.1, -0.05) is 6.07 Å². The Morgan fingerprint density at radius 1 is 1.38 bits per heavy atom. The molecule has 2 aromatic heterocycles. The largest absolute Gasteiger partial charge is 0.472 e. The fraction of sp³-hybridized carbons (Fsp3) is 0.421. The highest BCUT2D eigenvalue weighted by Gasteiger charge is 2.26. The van der Waals surface area contributed by atoms with Crippen LogP contribution < -0.4 is 10.6 Å². The highest BCUT2D eigenvalue weighted by atomic mass is 16.3. The highest BCUT2D eigenvalue weighted by Crippen LogP contribution is 2.18. The second-order valence-corrected chi connectivity index (χ2v) is 6.54. The summed E-state index contributed by atoms with van der Waals surface area (Å²) < 4.78 is 4.88. The first-order valence-corrected chi connectivity index (χ1v) is 8.88. The van der Waals surface area contributed by atoms with E-state index in [-0.39, 0.29) is 17.9 Å². The van der Waals surface area contributed by atoms with E-state index in [1.807, 2.05) is 18.2 Å². The zero-order chi connectivity index (χ0) is 18.4. The lowest BCUT2D eigenvalue weighted by Crippen LogP contribution is -2.48. The van der Waals surface area contributed by atoms with Crippen molar-refractivity contribution in [3.63, 3.8) is 0 Å². The predicted octanol–water partition coefficient (Wildman–Crippen LogP) is 1.57. The van der Waals surface area contributed by atoms with E-state index in [2.05, 4.69) is 20.5 Å². The molecule has 138 valence electrons. The third kappa shape index (κ3) is 4.70. The quantitative estimate of drug-likeness (QED) is 0.786. The first-order chi connectivity index (χ1) is 12.6. The molecule has 0 bridgehead atoms. The van der Waals surface area contributed by atoms with Gasteiger partial charge in [0.25, 0.3) is 5.91 Å². The number of likely N-dealkylation sites (tertiary alicyclic amines) is 1. The summed E-state index contributed by atoms with van der Waals surface area (Å²) in [6, 6.07) is 7.15. The molecule has 3 rings (SSSR count). The number of nitrogens with one attached hydrogen (secondary N) is 2. The van der Waals surface area contributed by atoms with Crippen LogP contribution in [-0.4, -0.2) is 46.9 Å². The van der Waals surface area contributed by atoms with Crippen molar-refractivity contribution >= 4 is 11.8 Å². The van der Waals surface area contributed by atoms with Crippen LogP contribution in [0.25, 0.3) is 0 Å². The van der Waals surface area contributed by atoms with E-state index in [0.29, 0.717) is 12.1 Å². The molecule has 7 nitrogen and oxygen atoms in total. The van der Waals surface area contributed by atoms with Crippen molar-refractivity contribution < 1.29 is 14.0 Å². The van der Waals surface area contributed by atoms with Crippen molar-refractivity contribution in [1.29, 1.82) is 0 Å². The zero-order valence-electron chi connectivity index (χ0n) is 14.9.